The number of benzene rings is 2. The fraction of sp³-hybridized carbons (Fsp3) is 0.478. The van der Waals surface area contributed by atoms with Crippen LogP contribution in [0.4, 0.5) is 18.9 Å². The summed E-state index contributed by atoms with van der Waals surface area (Å²) in [5.41, 5.74) is 2.24. The van der Waals surface area contributed by atoms with Crippen LogP contribution in [0.3, 0.4) is 0 Å². The van der Waals surface area contributed by atoms with Gasteiger partial charge in [-0.25, -0.2) is 0 Å². The standard InChI is InChI=1S/C23H28F3N/c1-4-15(2)10-12-19-16(3)20-14-18(23(24,25)26)11-13-21(20)27-22(19)17-8-6-5-7-9-17/h5-9,11,13-16,19,22,27H,4,10,12H2,1-3H3/t15?,16?,19?,22-/m0/s1. The molecule has 0 aliphatic carbocycles. The molecule has 0 radical (unpaired) electrons. The van der Waals surface area contributed by atoms with E-state index in [1.807, 2.05) is 18.2 Å². The van der Waals surface area contributed by atoms with Crippen molar-refractivity contribution in [2.24, 2.45) is 11.8 Å². The van der Waals surface area contributed by atoms with Gasteiger partial charge in [-0.1, -0.05) is 63.9 Å². The van der Waals surface area contributed by atoms with Gasteiger partial charge in [0, 0.05) is 5.69 Å². The molecule has 3 rings (SSSR count). The normalized spacial score (nSPS) is 23.4. The van der Waals surface area contributed by atoms with E-state index in [0.29, 0.717) is 5.92 Å². The number of anilines is 1. The van der Waals surface area contributed by atoms with Crippen LogP contribution in [0.15, 0.2) is 48.5 Å². The molecule has 2 aromatic carbocycles. The molecule has 3 unspecified atom stereocenters. The topological polar surface area (TPSA) is 12.0 Å². The van der Waals surface area contributed by atoms with Crippen LogP contribution < -0.4 is 5.32 Å². The number of hydrogen-bond acceptors (Lipinski definition) is 1. The third-order valence-electron chi connectivity index (χ3n) is 6.10. The number of nitrogens with one attached hydrogen (secondary N) is 1. The van der Waals surface area contributed by atoms with E-state index in [1.165, 1.54) is 17.7 Å². The first-order valence-electron chi connectivity index (χ1n) is 9.83. The first-order chi connectivity index (χ1) is 12.8. The zero-order chi connectivity index (χ0) is 19.6. The van der Waals surface area contributed by atoms with Gasteiger partial charge < -0.3 is 5.32 Å². The van der Waals surface area contributed by atoms with Crippen LogP contribution in [-0.2, 0) is 6.18 Å². The molecule has 1 N–H and O–H groups in total. The van der Waals surface area contributed by atoms with E-state index < -0.39 is 11.7 Å². The Balaban J connectivity index is 1.97. The van der Waals surface area contributed by atoms with Gasteiger partial charge in [-0.2, -0.15) is 13.2 Å². The molecule has 4 heteroatoms. The highest BCUT2D eigenvalue weighted by Crippen LogP contribution is 2.48. The highest BCUT2D eigenvalue weighted by Gasteiger charge is 2.37. The van der Waals surface area contributed by atoms with Gasteiger partial charge in [0.25, 0.3) is 0 Å². The van der Waals surface area contributed by atoms with Crippen LogP contribution in [-0.4, -0.2) is 0 Å². The zero-order valence-electron chi connectivity index (χ0n) is 16.2. The Morgan fingerprint density at radius 3 is 2.41 bits per heavy atom. The summed E-state index contributed by atoms with van der Waals surface area (Å²) in [5, 5.41) is 3.55. The van der Waals surface area contributed by atoms with E-state index in [1.54, 1.807) is 6.07 Å². The largest absolute Gasteiger partial charge is 0.416 e. The molecule has 1 nitrogen and oxygen atoms in total. The summed E-state index contributed by atoms with van der Waals surface area (Å²) in [6.45, 7) is 6.51. The highest BCUT2D eigenvalue weighted by molar-refractivity contribution is 5.59. The number of alkyl halides is 3. The van der Waals surface area contributed by atoms with Gasteiger partial charge in [-0.3, -0.25) is 0 Å². The Morgan fingerprint density at radius 2 is 1.78 bits per heavy atom. The number of fused-ring (bicyclic) bond motifs is 1. The quantitative estimate of drug-likeness (QED) is 0.573. The van der Waals surface area contributed by atoms with E-state index in [2.05, 4.69) is 38.2 Å². The molecule has 0 aromatic heterocycles. The molecular formula is C23H28F3N. The van der Waals surface area contributed by atoms with Crippen molar-refractivity contribution in [3.05, 3.63) is 65.2 Å². The maximum atomic E-state index is 13.2. The maximum absolute atomic E-state index is 13.2. The lowest BCUT2D eigenvalue weighted by Crippen LogP contribution is -2.31. The molecule has 2 aromatic rings. The van der Waals surface area contributed by atoms with Gasteiger partial charge in [-0.05, 0) is 53.5 Å². The first kappa shape index (κ1) is 19.8. The lowest BCUT2D eigenvalue weighted by molar-refractivity contribution is -0.137. The molecular weight excluding hydrogens is 347 g/mol. The minimum Gasteiger partial charge on any atom is -0.378 e. The summed E-state index contributed by atoms with van der Waals surface area (Å²) in [5.74, 6) is 0.951. The summed E-state index contributed by atoms with van der Waals surface area (Å²) in [6.07, 6.45) is -1.10. The molecule has 0 saturated carbocycles. The van der Waals surface area contributed by atoms with E-state index in [-0.39, 0.29) is 17.9 Å². The predicted octanol–water partition coefficient (Wildman–Crippen LogP) is 7.42. The average Bonchev–Trinajstić information content (AvgIpc) is 2.66. The van der Waals surface area contributed by atoms with E-state index >= 15 is 0 Å². The second kappa shape index (κ2) is 7.95. The lowest BCUT2D eigenvalue weighted by Gasteiger charge is -2.40. The van der Waals surface area contributed by atoms with Crippen molar-refractivity contribution in [2.75, 3.05) is 5.32 Å². The summed E-state index contributed by atoms with van der Waals surface area (Å²) in [4.78, 5) is 0. The zero-order valence-corrected chi connectivity index (χ0v) is 16.2. The molecule has 146 valence electrons. The van der Waals surface area contributed by atoms with Crippen LogP contribution in [0.2, 0.25) is 0 Å². The minimum atomic E-state index is -4.31. The molecule has 1 heterocycles. The highest BCUT2D eigenvalue weighted by atomic mass is 19.4. The third kappa shape index (κ3) is 4.31. The van der Waals surface area contributed by atoms with E-state index in [0.717, 1.165) is 30.5 Å². The van der Waals surface area contributed by atoms with E-state index in [9.17, 15) is 13.2 Å². The second-order valence-corrected chi connectivity index (χ2v) is 7.88. The molecule has 1 aliphatic rings. The molecule has 0 spiro atoms. The van der Waals surface area contributed by atoms with Gasteiger partial charge in [0.1, 0.15) is 0 Å². The second-order valence-electron chi connectivity index (χ2n) is 7.88. The van der Waals surface area contributed by atoms with Crippen LogP contribution in [0, 0.1) is 11.8 Å². The van der Waals surface area contributed by atoms with Gasteiger partial charge in [0.15, 0.2) is 0 Å². The van der Waals surface area contributed by atoms with Crippen molar-refractivity contribution in [3.8, 4) is 0 Å². The number of halogens is 3. The van der Waals surface area contributed by atoms with E-state index in [4.69, 9.17) is 0 Å². The Hall–Kier alpha value is -1.97. The van der Waals surface area contributed by atoms with Crippen LogP contribution in [0.1, 0.15) is 68.7 Å². The van der Waals surface area contributed by atoms with Crippen LogP contribution in [0.5, 0.6) is 0 Å². The predicted molar refractivity (Wildman–Crippen MR) is 105 cm³/mol. The summed E-state index contributed by atoms with van der Waals surface area (Å²) >= 11 is 0. The Kier molecular flexibility index (Phi) is 5.83. The van der Waals surface area contributed by atoms with Crippen LogP contribution >= 0.6 is 0 Å². The Labute approximate surface area is 160 Å². The third-order valence-corrected chi connectivity index (χ3v) is 6.10. The average molecular weight is 375 g/mol. The van der Waals surface area contributed by atoms with Gasteiger partial charge in [0.2, 0.25) is 0 Å². The van der Waals surface area contributed by atoms with Crippen molar-refractivity contribution in [2.45, 2.75) is 58.2 Å². The molecule has 1 aliphatic heterocycles. The summed E-state index contributed by atoms with van der Waals surface area (Å²) in [7, 11) is 0. The Morgan fingerprint density at radius 1 is 1.07 bits per heavy atom. The molecule has 0 bridgehead atoms. The smallest absolute Gasteiger partial charge is 0.378 e. The fourth-order valence-electron chi connectivity index (χ4n) is 4.13. The SMILES string of the molecule is CCC(C)CCC1C(C)c2cc(C(F)(F)F)ccc2N[C@H]1c1ccccc1. The van der Waals surface area contributed by atoms with Crippen LogP contribution in [0.25, 0.3) is 0 Å². The summed E-state index contributed by atoms with van der Waals surface area (Å²) < 4.78 is 39.6. The van der Waals surface area contributed by atoms with Crippen molar-refractivity contribution < 1.29 is 13.2 Å². The van der Waals surface area contributed by atoms with Crippen molar-refractivity contribution in [1.82, 2.24) is 0 Å². The fourth-order valence-corrected chi connectivity index (χ4v) is 4.13. The van der Waals surface area contributed by atoms with Crippen molar-refractivity contribution in [1.29, 1.82) is 0 Å². The molecule has 27 heavy (non-hydrogen) atoms. The van der Waals surface area contributed by atoms with Crippen molar-refractivity contribution in [3.63, 3.8) is 0 Å². The van der Waals surface area contributed by atoms with Gasteiger partial charge in [0.05, 0.1) is 11.6 Å². The maximum Gasteiger partial charge on any atom is 0.416 e. The molecule has 4 atom stereocenters. The summed E-state index contributed by atoms with van der Waals surface area (Å²) in [6, 6.07) is 14.5. The minimum absolute atomic E-state index is 0.0674. The lowest BCUT2D eigenvalue weighted by atomic mass is 9.73. The van der Waals surface area contributed by atoms with Gasteiger partial charge >= 0.3 is 6.18 Å². The first-order valence-corrected chi connectivity index (χ1v) is 9.83. The number of rotatable bonds is 5. The monoisotopic (exact) mass is 375 g/mol. The molecule has 0 saturated heterocycles. The Bertz CT molecular complexity index is 754. The number of hydrogen-bond donors (Lipinski definition) is 1. The van der Waals surface area contributed by atoms with Crippen molar-refractivity contribution >= 4 is 5.69 Å². The van der Waals surface area contributed by atoms with Gasteiger partial charge in [-0.15, -0.1) is 0 Å². The molecule has 0 fully saturated rings. The molecule has 0 amide bonds.